The van der Waals surface area contributed by atoms with Gasteiger partial charge >= 0.3 is 5.97 Å². The van der Waals surface area contributed by atoms with Crippen molar-refractivity contribution in [1.29, 1.82) is 0 Å². The van der Waals surface area contributed by atoms with Gasteiger partial charge in [0.15, 0.2) is 0 Å². The molecule has 0 aliphatic heterocycles. The van der Waals surface area contributed by atoms with Crippen LogP contribution in [0.2, 0.25) is 0 Å². The molecular weight excluding hydrogens is 382 g/mol. The van der Waals surface area contributed by atoms with Crippen LogP contribution in [0.3, 0.4) is 0 Å². The first-order valence-electron chi connectivity index (χ1n) is 4.43. The van der Waals surface area contributed by atoms with Crippen LogP contribution >= 0.6 is 58.4 Å². The number of hydrogen-bond donors (Lipinski definition) is 1. The van der Waals surface area contributed by atoms with E-state index in [0.717, 1.165) is 19.6 Å². The molecule has 0 spiro atoms. The maximum atomic E-state index is 11.0. The lowest BCUT2D eigenvalue weighted by molar-refractivity contribution is -0.360. The van der Waals surface area contributed by atoms with E-state index in [1.54, 1.807) is 34.4 Å². The van der Waals surface area contributed by atoms with E-state index in [9.17, 15) is 4.79 Å². The highest BCUT2D eigenvalue weighted by atomic mass is 79.9. The summed E-state index contributed by atoms with van der Waals surface area (Å²) >= 11 is 11.6. The molecule has 98 valence electrons. The summed E-state index contributed by atoms with van der Waals surface area (Å²) in [5, 5.41) is 0. The normalized spacial score (nSPS) is 9.76. The zero-order valence-electron chi connectivity index (χ0n) is 9.06. The number of rotatable bonds is 6. The zero-order valence-corrected chi connectivity index (χ0v) is 14.7. The summed E-state index contributed by atoms with van der Waals surface area (Å²) in [5.74, 6) is 1.12. The highest BCUT2D eigenvalue weighted by Crippen LogP contribution is 2.40. The Morgan fingerprint density at radius 3 is 2.53 bits per heavy atom. The van der Waals surface area contributed by atoms with Crippen molar-refractivity contribution in [2.24, 2.45) is 0 Å². The molecule has 17 heavy (non-hydrogen) atoms. The van der Waals surface area contributed by atoms with E-state index in [1.807, 2.05) is 0 Å². The van der Waals surface area contributed by atoms with Crippen LogP contribution in [0, 0.1) is 3.14 Å². The molecule has 0 bridgehead atoms. The Kier molecular flexibility index (Phi) is 10.3. The molecule has 1 aromatic heterocycles. The minimum Gasteiger partial charge on any atom is -1.00 e. The maximum absolute atomic E-state index is 11.0. The number of esters is 1. The van der Waals surface area contributed by atoms with Crippen LogP contribution < -0.4 is 22.7 Å². The fourth-order valence-electron chi connectivity index (χ4n) is 0.781. The third-order valence-electron chi connectivity index (χ3n) is 1.45. The fraction of sp³-hybridized carbons (Fsp3) is 0.500. The average Bonchev–Trinajstić information content (AvgIpc) is 2.63. The Labute approximate surface area is 132 Å². The smallest absolute Gasteiger partial charge is 0.316 e. The Hall–Kier alpha value is 0.880. The monoisotopic (exact) mass is 393 g/mol. The summed E-state index contributed by atoms with van der Waals surface area (Å²) in [6.07, 6.45) is 0. The second-order valence-electron chi connectivity index (χ2n) is 2.60. The quantitative estimate of drug-likeness (QED) is 0.387. The Morgan fingerprint density at radius 1 is 1.41 bits per heavy atom. The van der Waals surface area contributed by atoms with Gasteiger partial charge in [-0.3, -0.25) is 4.79 Å². The number of methoxy groups -OCH3 is 1. The van der Waals surface area contributed by atoms with Gasteiger partial charge in [-0.05, 0) is 0 Å². The van der Waals surface area contributed by atoms with E-state index in [4.69, 9.17) is 12.2 Å². The minimum absolute atomic E-state index is 0. The predicted octanol–water partition coefficient (Wildman–Crippen LogP) is -0.858. The molecule has 0 fully saturated rings. The Bertz CT molecular complexity index is 405. The van der Waals surface area contributed by atoms with Gasteiger partial charge in [0.1, 0.15) is 3.14 Å². The SMILES string of the molecule is COC(=O)CSc1sc(=S)sc1SCC[NH3+].[Br-]. The lowest BCUT2D eigenvalue weighted by atomic mass is 10.8. The molecule has 0 amide bonds. The van der Waals surface area contributed by atoms with Gasteiger partial charge in [0.2, 0.25) is 0 Å². The van der Waals surface area contributed by atoms with Crippen molar-refractivity contribution in [3.63, 3.8) is 0 Å². The molecule has 0 saturated carbocycles. The van der Waals surface area contributed by atoms with Crippen molar-refractivity contribution < 1.29 is 32.2 Å². The summed E-state index contributed by atoms with van der Waals surface area (Å²) in [6.45, 7) is 0.890. The van der Waals surface area contributed by atoms with Gasteiger partial charge < -0.3 is 27.5 Å². The molecule has 1 heterocycles. The number of carbonyl (C=O) groups is 1. The topological polar surface area (TPSA) is 53.9 Å². The zero-order chi connectivity index (χ0) is 12.0. The lowest BCUT2D eigenvalue weighted by Crippen LogP contribution is -3.00. The van der Waals surface area contributed by atoms with Crippen LogP contribution in [-0.4, -0.2) is 31.1 Å². The van der Waals surface area contributed by atoms with E-state index in [1.165, 1.54) is 23.1 Å². The van der Waals surface area contributed by atoms with Crippen molar-refractivity contribution in [3.05, 3.63) is 3.14 Å². The molecular formula is C8H12BrNO2S5. The second-order valence-corrected chi connectivity index (χ2v) is 8.43. The third kappa shape index (κ3) is 6.55. The first-order valence-corrected chi connectivity index (χ1v) is 8.44. The predicted molar refractivity (Wildman–Crippen MR) is 74.2 cm³/mol. The maximum Gasteiger partial charge on any atom is 0.316 e. The highest BCUT2D eigenvalue weighted by Gasteiger charge is 2.11. The van der Waals surface area contributed by atoms with Gasteiger partial charge in [0.25, 0.3) is 0 Å². The Balaban J connectivity index is 0.00000256. The number of quaternary nitrogens is 1. The molecule has 1 aromatic rings. The van der Waals surface area contributed by atoms with E-state index >= 15 is 0 Å². The van der Waals surface area contributed by atoms with Gasteiger partial charge in [-0.1, -0.05) is 12.2 Å². The Morgan fingerprint density at radius 2 is 2.00 bits per heavy atom. The molecule has 0 aliphatic carbocycles. The van der Waals surface area contributed by atoms with E-state index in [2.05, 4.69) is 10.5 Å². The largest absolute Gasteiger partial charge is 1.00 e. The number of halogens is 1. The van der Waals surface area contributed by atoms with Crippen molar-refractivity contribution >= 4 is 64.4 Å². The first kappa shape index (κ1) is 17.9. The molecule has 0 radical (unpaired) electrons. The lowest BCUT2D eigenvalue weighted by Gasteiger charge is -2.00. The number of carbonyl (C=O) groups excluding carboxylic acids is 1. The summed E-state index contributed by atoms with van der Waals surface area (Å²) < 4.78 is 7.83. The summed E-state index contributed by atoms with van der Waals surface area (Å²) in [7, 11) is 1.40. The molecule has 0 aromatic carbocycles. The molecule has 9 heteroatoms. The van der Waals surface area contributed by atoms with Crippen LogP contribution in [0.4, 0.5) is 0 Å². The van der Waals surface area contributed by atoms with Crippen molar-refractivity contribution in [2.75, 3.05) is 25.2 Å². The van der Waals surface area contributed by atoms with Gasteiger partial charge in [0, 0.05) is 5.75 Å². The summed E-state index contributed by atoms with van der Waals surface area (Å²) in [5.41, 5.74) is 3.80. The van der Waals surface area contributed by atoms with Gasteiger partial charge in [-0.2, -0.15) is 0 Å². The summed E-state index contributed by atoms with van der Waals surface area (Å²) in [6, 6.07) is 0. The fourth-order valence-corrected chi connectivity index (χ4v) is 6.59. The van der Waals surface area contributed by atoms with E-state index in [0.29, 0.717) is 5.75 Å². The average molecular weight is 394 g/mol. The highest BCUT2D eigenvalue weighted by molar-refractivity contribution is 8.05. The minimum atomic E-state index is -0.206. The second kappa shape index (κ2) is 9.76. The summed E-state index contributed by atoms with van der Waals surface area (Å²) in [4.78, 5) is 11.0. The van der Waals surface area contributed by atoms with Gasteiger partial charge in [-0.25, -0.2) is 0 Å². The van der Waals surface area contributed by atoms with Crippen LogP contribution in [0.1, 0.15) is 0 Å². The third-order valence-corrected chi connectivity index (χ3v) is 7.09. The molecule has 0 atom stereocenters. The molecule has 1 rings (SSSR count). The number of hydrogen-bond acceptors (Lipinski definition) is 7. The molecule has 0 aliphatic rings. The van der Waals surface area contributed by atoms with Crippen molar-refractivity contribution in [2.45, 2.75) is 8.42 Å². The van der Waals surface area contributed by atoms with Crippen LogP contribution in [0.25, 0.3) is 0 Å². The van der Waals surface area contributed by atoms with Crippen molar-refractivity contribution in [3.8, 4) is 0 Å². The molecule has 0 unspecified atom stereocenters. The van der Waals surface area contributed by atoms with Gasteiger partial charge in [0.05, 0.1) is 27.8 Å². The molecule has 3 nitrogen and oxygen atoms in total. The van der Waals surface area contributed by atoms with E-state index < -0.39 is 0 Å². The van der Waals surface area contributed by atoms with Gasteiger partial charge in [-0.15, -0.1) is 46.2 Å². The number of ether oxygens (including phenoxy) is 1. The number of thioether (sulfide) groups is 2. The van der Waals surface area contributed by atoms with Crippen LogP contribution in [0.15, 0.2) is 8.42 Å². The van der Waals surface area contributed by atoms with Crippen LogP contribution in [-0.2, 0) is 9.53 Å². The first-order chi connectivity index (χ1) is 7.67. The van der Waals surface area contributed by atoms with Crippen molar-refractivity contribution in [1.82, 2.24) is 0 Å². The standard InChI is InChI=1S/C8H11NO2S5.BrH/c1-11-5(10)4-14-7-6(13-3-2-9)15-8(12)16-7;/h2-4,9H2,1H3;1H. The van der Waals surface area contributed by atoms with E-state index in [-0.39, 0.29) is 23.0 Å². The van der Waals surface area contributed by atoms with Crippen LogP contribution in [0.5, 0.6) is 0 Å². The molecule has 3 N–H and O–H groups in total. The molecule has 0 saturated heterocycles.